The van der Waals surface area contributed by atoms with Gasteiger partial charge in [-0.2, -0.15) is 0 Å². The maximum absolute atomic E-state index is 13.4. The number of nitrogens with zero attached hydrogens (tertiary/aromatic N) is 1. The summed E-state index contributed by atoms with van der Waals surface area (Å²) in [4.78, 5) is 2.37. The fraction of sp³-hybridized carbons (Fsp3) is 0.538. The van der Waals surface area contributed by atoms with Gasteiger partial charge in [0.2, 0.25) is 0 Å². The highest BCUT2D eigenvalue weighted by atomic mass is 19.1. The van der Waals surface area contributed by atoms with E-state index >= 15 is 0 Å². The first kappa shape index (κ1) is 11.6. The van der Waals surface area contributed by atoms with Gasteiger partial charge >= 0.3 is 0 Å². The summed E-state index contributed by atoms with van der Waals surface area (Å²) in [5.41, 5.74) is 6.78. The normalized spacial score (nSPS) is 18.9. The first-order chi connectivity index (χ1) is 7.75. The predicted octanol–water partition coefficient (Wildman–Crippen LogP) is 1.79. The van der Waals surface area contributed by atoms with E-state index in [0.29, 0.717) is 6.42 Å². The van der Waals surface area contributed by atoms with Crippen LogP contribution < -0.4 is 5.73 Å². The van der Waals surface area contributed by atoms with Crippen molar-refractivity contribution in [2.24, 2.45) is 5.73 Å². The van der Waals surface area contributed by atoms with Crippen molar-refractivity contribution in [3.63, 3.8) is 0 Å². The highest BCUT2D eigenvalue weighted by molar-refractivity contribution is 5.18. The molecule has 2 N–H and O–H groups in total. The number of hydrogen-bond acceptors (Lipinski definition) is 2. The van der Waals surface area contributed by atoms with Crippen molar-refractivity contribution in [3.05, 3.63) is 35.6 Å². The highest BCUT2D eigenvalue weighted by Gasteiger charge is 2.15. The predicted molar refractivity (Wildman–Crippen MR) is 63.8 cm³/mol. The molecule has 88 valence electrons. The Morgan fingerprint density at radius 2 is 1.94 bits per heavy atom. The number of rotatable bonds is 4. The van der Waals surface area contributed by atoms with Crippen molar-refractivity contribution in [2.45, 2.75) is 25.3 Å². The summed E-state index contributed by atoms with van der Waals surface area (Å²) >= 11 is 0. The third-order valence-electron chi connectivity index (χ3n) is 3.13. The van der Waals surface area contributed by atoms with Crippen LogP contribution in [0.5, 0.6) is 0 Å². The fourth-order valence-corrected chi connectivity index (χ4v) is 2.31. The second-order valence-electron chi connectivity index (χ2n) is 4.56. The maximum Gasteiger partial charge on any atom is 0.126 e. The minimum absolute atomic E-state index is 0.0370. The zero-order chi connectivity index (χ0) is 11.4. The van der Waals surface area contributed by atoms with Crippen LogP contribution in [0.3, 0.4) is 0 Å². The molecule has 0 amide bonds. The Morgan fingerprint density at radius 1 is 1.25 bits per heavy atom. The topological polar surface area (TPSA) is 29.3 Å². The van der Waals surface area contributed by atoms with Gasteiger partial charge < -0.3 is 10.6 Å². The van der Waals surface area contributed by atoms with Crippen LogP contribution in [0.4, 0.5) is 4.39 Å². The van der Waals surface area contributed by atoms with Crippen molar-refractivity contribution in [1.82, 2.24) is 4.90 Å². The molecule has 0 aliphatic carbocycles. The molecule has 0 spiro atoms. The standard InChI is InChI=1S/C13H19FN2/c14-13-6-2-1-5-11(13)9-12(15)10-16-7-3-4-8-16/h1-2,5-6,12H,3-4,7-10,15H2/t12-/m1/s1. The van der Waals surface area contributed by atoms with E-state index in [2.05, 4.69) is 4.90 Å². The van der Waals surface area contributed by atoms with Gasteiger partial charge in [-0.1, -0.05) is 18.2 Å². The third kappa shape index (κ3) is 3.03. The summed E-state index contributed by atoms with van der Waals surface area (Å²) < 4.78 is 13.4. The molecule has 0 aromatic heterocycles. The minimum atomic E-state index is -0.139. The summed E-state index contributed by atoms with van der Waals surface area (Å²) in [7, 11) is 0. The van der Waals surface area contributed by atoms with E-state index in [-0.39, 0.29) is 11.9 Å². The van der Waals surface area contributed by atoms with Crippen LogP contribution >= 0.6 is 0 Å². The van der Waals surface area contributed by atoms with E-state index in [9.17, 15) is 4.39 Å². The van der Waals surface area contributed by atoms with Crippen LogP contribution in [-0.2, 0) is 6.42 Å². The zero-order valence-corrected chi connectivity index (χ0v) is 9.53. The van der Waals surface area contributed by atoms with Crippen molar-refractivity contribution >= 4 is 0 Å². The lowest BCUT2D eigenvalue weighted by atomic mass is 10.1. The largest absolute Gasteiger partial charge is 0.326 e. The van der Waals surface area contributed by atoms with E-state index in [1.54, 1.807) is 6.07 Å². The molecule has 1 heterocycles. The molecule has 2 rings (SSSR count). The number of halogens is 1. The smallest absolute Gasteiger partial charge is 0.126 e. The molecule has 1 atom stereocenters. The van der Waals surface area contributed by atoms with Crippen LogP contribution in [0.15, 0.2) is 24.3 Å². The van der Waals surface area contributed by atoms with Gasteiger partial charge in [0.25, 0.3) is 0 Å². The fourth-order valence-electron chi connectivity index (χ4n) is 2.31. The molecule has 0 saturated carbocycles. The third-order valence-corrected chi connectivity index (χ3v) is 3.13. The first-order valence-corrected chi connectivity index (χ1v) is 5.97. The second kappa shape index (κ2) is 5.41. The van der Waals surface area contributed by atoms with Crippen LogP contribution in [-0.4, -0.2) is 30.6 Å². The van der Waals surface area contributed by atoms with Gasteiger partial charge in [-0.25, -0.2) is 4.39 Å². The van der Waals surface area contributed by atoms with E-state index in [4.69, 9.17) is 5.73 Å². The minimum Gasteiger partial charge on any atom is -0.326 e. The molecule has 1 aliphatic rings. The molecule has 0 unspecified atom stereocenters. The lowest BCUT2D eigenvalue weighted by molar-refractivity contribution is 0.312. The molecule has 2 nitrogen and oxygen atoms in total. The molecule has 1 fully saturated rings. The maximum atomic E-state index is 13.4. The molecule has 1 aliphatic heterocycles. The number of likely N-dealkylation sites (tertiary alicyclic amines) is 1. The van der Waals surface area contributed by atoms with Gasteiger partial charge in [0.05, 0.1) is 0 Å². The van der Waals surface area contributed by atoms with Gasteiger partial charge in [0.15, 0.2) is 0 Å². The molecule has 1 saturated heterocycles. The van der Waals surface area contributed by atoms with E-state index in [1.165, 1.54) is 18.9 Å². The summed E-state index contributed by atoms with van der Waals surface area (Å²) in [6.07, 6.45) is 3.17. The Bertz CT molecular complexity index is 334. The highest BCUT2D eigenvalue weighted by Crippen LogP contribution is 2.11. The molecular formula is C13H19FN2. The number of nitrogens with two attached hydrogens (primary N) is 1. The SMILES string of the molecule is N[C@H](Cc1ccccc1F)CN1CCCC1. The van der Waals surface area contributed by atoms with Gasteiger partial charge in [-0.3, -0.25) is 0 Å². The van der Waals surface area contributed by atoms with Crippen LogP contribution in [0.2, 0.25) is 0 Å². The quantitative estimate of drug-likeness (QED) is 0.841. The summed E-state index contributed by atoms with van der Waals surface area (Å²) in [6, 6.07) is 6.93. The number of benzene rings is 1. The molecule has 1 aromatic rings. The average Bonchev–Trinajstić information content (AvgIpc) is 2.74. The zero-order valence-electron chi connectivity index (χ0n) is 9.53. The second-order valence-corrected chi connectivity index (χ2v) is 4.56. The molecule has 0 radical (unpaired) electrons. The van der Waals surface area contributed by atoms with Gasteiger partial charge in [0.1, 0.15) is 5.82 Å². The van der Waals surface area contributed by atoms with E-state index < -0.39 is 0 Å². The van der Waals surface area contributed by atoms with E-state index in [1.807, 2.05) is 12.1 Å². The average molecular weight is 222 g/mol. The van der Waals surface area contributed by atoms with Crippen LogP contribution in [0, 0.1) is 5.82 Å². The van der Waals surface area contributed by atoms with Gasteiger partial charge in [-0.05, 0) is 44.0 Å². The van der Waals surface area contributed by atoms with E-state index in [0.717, 1.165) is 25.2 Å². The molecule has 0 bridgehead atoms. The molecule has 3 heteroatoms. The molecule has 16 heavy (non-hydrogen) atoms. The monoisotopic (exact) mass is 222 g/mol. The van der Waals surface area contributed by atoms with Crippen LogP contribution in [0.1, 0.15) is 18.4 Å². The molecule has 1 aromatic carbocycles. The lowest BCUT2D eigenvalue weighted by Crippen LogP contribution is -2.37. The van der Waals surface area contributed by atoms with Crippen molar-refractivity contribution < 1.29 is 4.39 Å². The Labute approximate surface area is 96.2 Å². The van der Waals surface area contributed by atoms with Crippen molar-refractivity contribution in [2.75, 3.05) is 19.6 Å². The Morgan fingerprint density at radius 3 is 2.62 bits per heavy atom. The van der Waals surface area contributed by atoms with Gasteiger partial charge in [0, 0.05) is 12.6 Å². The molecular weight excluding hydrogens is 203 g/mol. The first-order valence-electron chi connectivity index (χ1n) is 5.97. The van der Waals surface area contributed by atoms with Gasteiger partial charge in [-0.15, -0.1) is 0 Å². The summed E-state index contributed by atoms with van der Waals surface area (Å²) in [6.45, 7) is 3.17. The Hall–Kier alpha value is -0.930. The van der Waals surface area contributed by atoms with Crippen molar-refractivity contribution in [3.8, 4) is 0 Å². The van der Waals surface area contributed by atoms with Crippen LogP contribution in [0.25, 0.3) is 0 Å². The summed E-state index contributed by atoms with van der Waals surface area (Å²) in [5, 5.41) is 0. The summed E-state index contributed by atoms with van der Waals surface area (Å²) in [5.74, 6) is -0.139. The van der Waals surface area contributed by atoms with Crippen molar-refractivity contribution in [1.29, 1.82) is 0 Å². The lowest BCUT2D eigenvalue weighted by Gasteiger charge is -2.20. The number of hydrogen-bond donors (Lipinski definition) is 1. The Kier molecular flexibility index (Phi) is 3.91. The Balaban J connectivity index is 1.86.